The van der Waals surface area contributed by atoms with Gasteiger partial charge in [0.2, 0.25) is 10.0 Å². The fraction of sp³-hybridized carbons (Fsp3) is 0.448. The first-order valence-electron chi connectivity index (χ1n) is 13.4. The molecule has 1 aliphatic heterocycles. The van der Waals surface area contributed by atoms with Crippen molar-refractivity contribution in [2.24, 2.45) is 0 Å². The molecule has 1 fully saturated rings. The molecule has 7 nitrogen and oxygen atoms in total. The summed E-state index contributed by atoms with van der Waals surface area (Å²) in [5.41, 5.74) is 9.13. The third-order valence-electron chi connectivity index (χ3n) is 8.28. The van der Waals surface area contributed by atoms with Gasteiger partial charge in [-0.25, -0.2) is 8.42 Å². The van der Waals surface area contributed by atoms with Crippen LogP contribution >= 0.6 is 0 Å². The Labute approximate surface area is 220 Å². The van der Waals surface area contributed by atoms with Gasteiger partial charge in [-0.3, -0.25) is 19.8 Å². The number of benzene rings is 1. The van der Waals surface area contributed by atoms with Gasteiger partial charge in [-0.15, -0.1) is 0 Å². The molecule has 0 radical (unpaired) electrons. The van der Waals surface area contributed by atoms with Crippen LogP contribution in [0.25, 0.3) is 11.1 Å². The Balaban J connectivity index is 1.25. The van der Waals surface area contributed by atoms with Gasteiger partial charge in [-0.05, 0) is 59.2 Å². The second kappa shape index (κ2) is 10.3. The SMILES string of the molecule is CS(=O)(=O)N1CCN(CCN(Cc2nccc3c2Cc2ccccc2-3)C2CCCc3cccnc32)CC1. The van der Waals surface area contributed by atoms with Gasteiger partial charge < -0.3 is 0 Å². The highest BCUT2D eigenvalue weighted by atomic mass is 32.2. The number of aromatic nitrogens is 2. The lowest BCUT2D eigenvalue weighted by Gasteiger charge is -2.38. The Kier molecular flexibility index (Phi) is 6.84. The molecule has 37 heavy (non-hydrogen) atoms. The minimum absolute atomic E-state index is 0.267. The van der Waals surface area contributed by atoms with E-state index in [9.17, 15) is 8.42 Å². The minimum atomic E-state index is -3.12. The Morgan fingerprint density at radius 3 is 2.59 bits per heavy atom. The van der Waals surface area contributed by atoms with Crippen molar-refractivity contribution < 1.29 is 8.42 Å². The largest absolute Gasteiger partial charge is 0.299 e. The minimum Gasteiger partial charge on any atom is -0.299 e. The molecule has 2 aromatic heterocycles. The first kappa shape index (κ1) is 24.7. The van der Waals surface area contributed by atoms with Crippen LogP contribution in [0.15, 0.2) is 54.9 Å². The smallest absolute Gasteiger partial charge is 0.211 e. The second-order valence-corrected chi connectivity index (χ2v) is 12.5. The number of fused-ring (bicyclic) bond motifs is 4. The number of pyridine rings is 2. The maximum Gasteiger partial charge on any atom is 0.211 e. The van der Waals surface area contributed by atoms with E-state index >= 15 is 0 Å². The summed E-state index contributed by atoms with van der Waals surface area (Å²) in [6, 6.07) is 15.4. The summed E-state index contributed by atoms with van der Waals surface area (Å²) in [5, 5.41) is 0. The molecule has 2 aliphatic carbocycles. The molecule has 8 heteroatoms. The maximum absolute atomic E-state index is 11.9. The average Bonchev–Trinajstić information content (AvgIpc) is 3.30. The molecular weight excluding hydrogens is 482 g/mol. The third kappa shape index (κ3) is 5.08. The molecule has 1 aromatic carbocycles. The van der Waals surface area contributed by atoms with Crippen LogP contribution in [0, 0.1) is 0 Å². The van der Waals surface area contributed by atoms with E-state index < -0.39 is 10.0 Å². The van der Waals surface area contributed by atoms with Gasteiger partial charge >= 0.3 is 0 Å². The van der Waals surface area contributed by atoms with E-state index in [4.69, 9.17) is 9.97 Å². The van der Waals surface area contributed by atoms with Gasteiger partial charge in [0.15, 0.2) is 0 Å². The second-order valence-electron chi connectivity index (χ2n) is 10.5. The summed E-state index contributed by atoms with van der Waals surface area (Å²) >= 11 is 0. The quantitative estimate of drug-likeness (QED) is 0.374. The van der Waals surface area contributed by atoms with Gasteiger partial charge in [0.25, 0.3) is 0 Å². The zero-order chi connectivity index (χ0) is 25.4. The topological polar surface area (TPSA) is 69.6 Å². The number of nitrogens with zero attached hydrogens (tertiary/aromatic N) is 5. The first-order chi connectivity index (χ1) is 18.0. The number of rotatable bonds is 7. The van der Waals surface area contributed by atoms with E-state index in [1.165, 1.54) is 51.9 Å². The molecule has 6 rings (SSSR count). The van der Waals surface area contributed by atoms with Crippen molar-refractivity contribution in [1.29, 1.82) is 0 Å². The molecule has 1 saturated heterocycles. The summed E-state index contributed by atoms with van der Waals surface area (Å²) in [6.07, 6.45) is 9.49. The monoisotopic (exact) mass is 517 g/mol. The van der Waals surface area contributed by atoms with Gasteiger partial charge in [-0.2, -0.15) is 4.31 Å². The van der Waals surface area contributed by atoms with Crippen LogP contribution < -0.4 is 0 Å². The Morgan fingerprint density at radius 1 is 0.946 bits per heavy atom. The van der Waals surface area contributed by atoms with Gasteiger partial charge in [-0.1, -0.05) is 30.3 Å². The molecule has 0 bridgehead atoms. The molecule has 0 N–H and O–H groups in total. The number of sulfonamides is 1. The summed E-state index contributed by atoms with van der Waals surface area (Å²) in [6.45, 7) is 5.28. The van der Waals surface area contributed by atoms with Gasteiger partial charge in [0.1, 0.15) is 0 Å². The van der Waals surface area contributed by atoms with E-state index in [2.05, 4.69) is 52.3 Å². The van der Waals surface area contributed by atoms with E-state index in [1.807, 2.05) is 12.4 Å². The summed E-state index contributed by atoms with van der Waals surface area (Å²) < 4.78 is 25.5. The first-order valence-corrected chi connectivity index (χ1v) is 15.2. The lowest BCUT2D eigenvalue weighted by molar-refractivity contribution is 0.119. The highest BCUT2D eigenvalue weighted by Gasteiger charge is 2.30. The molecule has 194 valence electrons. The van der Waals surface area contributed by atoms with Crippen LogP contribution in [0.1, 0.15) is 47.0 Å². The third-order valence-corrected chi connectivity index (χ3v) is 9.59. The van der Waals surface area contributed by atoms with Crippen LogP contribution in [0.5, 0.6) is 0 Å². The Bertz CT molecular complexity index is 1380. The Hall–Kier alpha value is -2.65. The molecule has 1 unspecified atom stereocenters. The normalized spacial score (nSPS) is 20.0. The van der Waals surface area contributed by atoms with Crippen molar-refractivity contribution in [3.8, 4) is 11.1 Å². The zero-order valence-electron chi connectivity index (χ0n) is 21.5. The zero-order valence-corrected chi connectivity index (χ0v) is 22.3. The van der Waals surface area contributed by atoms with Gasteiger partial charge in [0.05, 0.1) is 23.7 Å². The number of aryl methyl sites for hydroxylation is 1. The lowest BCUT2D eigenvalue weighted by atomic mass is 9.90. The predicted molar refractivity (Wildman–Crippen MR) is 146 cm³/mol. The lowest BCUT2D eigenvalue weighted by Crippen LogP contribution is -2.50. The highest BCUT2D eigenvalue weighted by molar-refractivity contribution is 7.88. The summed E-state index contributed by atoms with van der Waals surface area (Å²) in [7, 11) is -3.12. The summed E-state index contributed by atoms with van der Waals surface area (Å²) in [4.78, 5) is 14.7. The fourth-order valence-electron chi connectivity index (χ4n) is 6.28. The summed E-state index contributed by atoms with van der Waals surface area (Å²) in [5.74, 6) is 0. The fourth-order valence-corrected chi connectivity index (χ4v) is 7.11. The molecule has 3 aromatic rings. The highest BCUT2D eigenvalue weighted by Crippen LogP contribution is 2.39. The van der Waals surface area contributed by atoms with Crippen LogP contribution in [-0.4, -0.2) is 78.0 Å². The van der Waals surface area contributed by atoms with Crippen molar-refractivity contribution in [3.63, 3.8) is 0 Å². The standard InChI is InChI=1S/C29H35N5O2S/c1-37(35,36)34-18-15-32(16-19-34)14-17-33(28-10-4-7-22-8-5-12-31-29(22)28)21-27-26-20-23-6-2-3-9-24(23)25(26)11-13-30-27/h2-3,5-6,8-9,11-13,28H,4,7,10,14-21H2,1H3. The van der Waals surface area contributed by atoms with Crippen molar-refractivity contribution >= 4 is 10.0 Å². The molecule has 0 spiro atoms. The predicted octanol–water partition coefficient (Wildman–Crippen LogP) is 3.50. The van der Waals surface area contributed by atoms with Crippen LogP contribution in [0.4, 0.5) is 0 Å². The van der Waals surface area contributed by atoms with Crippen LogP contribution in [-0.2, 0) is 29.4 Å². The molecular formula is C29H35N5O2S. The van der Waals surface area contributed by atoms with E-state index in [1.54, 1.807) is 4.31 Å². The van der Waals surface area contributed by atoms with E-state index in [0.29, 0.717) is 13.1 Å². The van der Waals surface area contributed by atoms with Crippen molar-refractivity contribution in [2.75, 3.05) is 45.5 Å². The van der Waals surface area contributed by atoms with Gasteiger partial charge in [0, 0.05) is 64.6 Å². The number of hydrogen-bond donors (Lipinski definition) is 0. The number of hydrogen-bond acceptors (Lipinski definition) is 6. The average molecular weight is 518 g/mol. The Morgan fingerprint density at radius 2 is 1.76 bits per heavy atom. The van der Waals surface area contributed by atoms with Crippen molar-refractivity contribution in [2.45, 2.75) is 38.3 Å². The molecule has 3 heterocycles. The molecule has 3 aliphatic rings. The van der Waals surface area contributed by atoms with Crippen LogP contribution in [0.3, 0.4) is 0 Å². The number of piperazine rings is 1. The molecule has 1 atom stereocenters. The van der Waals surface area contributed by atoms with Crippen molar-refractivity contribution in [3.05, 3.63) is 82.9 Å². The van der Waals surface area contributed by atoms with Crippen molar-refractivity contribution in [1.82, 2.24) is 24.1 Å². The maximum atomic E-state index is 11.9. The molecule has 0 amide bonds. The van der Waals surface area contributed by atoms with E-state index in [0.717, 1.165) is 52.0 Å². The van der Waals surface area contributed by atoms with Crippen LogP contribution in [0.2, 0.25) is 0 Å². The van der Waals surface area contributed by atoms with E-state index in [-0.39, 0.29) is 6.04 Å². The molecule has 0 saturated carbocycles.